The van der Waals surface area contributed by atoms with Crippen LogP contribution in [0.3, 0.4) is 0 Å². The summed E-state index contributed by atoms with van der Waals surface area (Å²) in [5.74, 6) is 0.0330. The standard InChI is InChI=1S/C14H13FO2/c15-11-6-4-5-10-9-12(17-13(10)11)14(16)7-2-1-3-8-14/h2,4-7,9,16H,1,3,8H2. The van der Waals surface area contributed by atoms with Gasteiger partial charge in [0, 0.05) is 5.39 Å². The Balaban J connectivity index is 2.15. The SMILES string of the molecule is OC1(c2cc3cccc(F)c3o2)C=CCCC1. The Labute approximate surface area is 98.4 Å². The molecule has 1 aromatic heterocycles. The summed E-state index contributed by atoms with van der Waals surface area (Å²) < 4.78 is 19.0. The summed E-state index contributed by atoms with van der Waals surface area (Å²) in [6.07, 6.45) is 6.17. The van der Waals surface area contributed by atoms with Gasteiger partial charge in [-0.2, -0.15) is 0 Å². The maximum Gasteiger partial charge on any atom is 0.170 e. The van der Waals surface area contributed by atoms with Crippen LogP contribution in [0, 0.1) is 5.82 Å². The van der Waals surface area contributed by atoms with Gasteiger partial charge in [0.05, 0.1) is 0 Å². The zero-order valence-electron chi connectivity index (χ0n) is 9.32. The molecule has 0 aliphatic heterocycles. The molecule has 0 spiro atoms. The number of benzene rings is 1. The van der Waals surface area contributed by atoms with Crippen molar-refractivity contribution in [3.63, 3.8) is 0 Å². The third-order valence-electron chi connectivity index (χ3n) is 3.25. The number of fused-ring (bicyclic) bond motifs is 1. The molecule has 88 valence electrons. The highest BCUT2D eigenvalue weighted by molar-refractivity contribution is 5.78. The fourth-order valence-corrected chi connectivity index (χ4v) is 2.30. The van der Waals surface area contributed by atoms with Gasteiger partial charge in [-0.3, -0.25) is 0 Å². The molecule has 0 bridgehead atoms. The molecule has 2 aromatic rings. The summed E-state index contributed by atoms with van der Waals surface area (Å²) in [5, 5.41) is 11.1. The zero-order valence-corrected chi connectivity index (χ0v) is 9.32. The number of aliphatic hydroxyl groups is 1. The second kappa shape index (κ2) is 3.70. The van der Waals surface area contributed by atoms with Crippen molar-refractivity contribution in [2.75, 3.05) is 0 Å². The molecule has 0 amide bonds. The van der Waals surface area contributed by atoms with Crippen molar-refractivity contribution in [2.45, 2.75) is 24.9 Å². The number of rotatable bonds is 1. The van der Waals surface area contributed by atoms with Gasteiger partial charge in [-0.25, -0.2) is 4.39 Å². The van der Waals surface area contributed by atoms with Gasteiger partial charge in [0.1, 0.15) is 11.4 Å². The van der Waals surface area contributed by atoms with E-state index in [-0.39, 0.29) is 5.58 Å². The van der Waals surface area contributed by atoms with Crippen molar-refractivity contribution in [1.29, 1.82) is 0 Å². The summed E-state index contributed by atoms with van der Waals surface area (Å²) in [6, 6.07) is 6.49. The monoisotopic (exact) mass is 232 g/mol. The summed E-state index contributed by atoms with van der Waals surface area (Å²) >= 11 is 0. The predicted molar refractivity (Wildman–Crippen MR) is 63.1 cm³/mol. The third-order valence-corrected chi connectivity index (χ3v) is 3.25. The van der Waals surface area contributed by atoms with Crippen LogP contribution >= 0.6 is 0 Å². The topological polar surface area (TPSA) is 33.4 Å². The highest BCUT2D eigenvalue weighted by Crippen LogP contribution is 2.36. The molecule has 2 nitrogen and oxygen atoms in total. The number of allylic oxidation sites excluding steroid dienone is 1. The van der Waals surface area contributed by atoms with Crippen LogP contribution < -0.4 is 0 Å². The van der Waals surface area contributed by atoms with Gasteiger partial charge in [0.15, 0.2) is 11.4 Å². The fourth-order valence-electron chi connectivity index (χ4n) is 2.30. The lowest BCUT2D eigenvalue weighted by molar-refractivity contribution is 0.0509. The molecule has 3 rings (SSSR count). The number of para-hydroxylation sites is 1. The van der Waals surface area contributed by atoms with Crippen LogP contribution in [-0.2, 0) is 5.60 Å². The first-order valence-electron chi connectivity index (χ1n) is 5.78. The van der Waals surface area contributed by atoms with Crippen LogP contribution in [0.1, 0.15) is 25.0 Å². The lowest BCUT2D eigenvalue weighted by Crippen LogP contribution is -2.23. The van der Waals surface area contributed by atoms with E-state index in [0.717, 1.165) is 12.8 Å². The Morgan fingerprint density at radius 2 is 2.24 bits per heavy atom. The number of hydrogen-bond acceptors (Lipinski definition) is 2. The van der Waals surface area contributed by atoms with E-state index in [4.69, 9.17) is 4.42 Å². The Morgan fingerprint density at radius 3 is 2.94 bits per heavy atom. The Hall–Kier alpha value is -1.61. The van der Waals surface area contributed by atoms with E-state index < -0.39 is 11.4 Å². The van der Waals surface area contributed by atoms with Crippen LogP contribution in [-0.4, -0.2) is 5.11 Å². The first-order valence-corrected chi connectivity index (χ1v) is 5.78. The second-order valence-corrected chi connectivity index (χ2v) is 4.49. The summed E-state index contributed by atoms with van der Waals surface area (Å²) in [5.41, 5.74) is -0.862. The molecular weight excluding hydrogens is 219 g/mol. The van der Waals surface area contributed by atoms with Gasteiger partial charge < -0.3 is 9.52 Å². The Kier molecular flexibility index (Phi) is 2.30. The van der Waals surface area contributed by atoms with Gasteiger partial charge in [0.2, 0.25) is 0 Å². The third kappa shape index (κ3) is 1.67. The lowest BCUT2D eigenvalue weighted by atomic mass is 9.89. The molecule has 0 fully saturated rings. The van der Waals surface area contributed by atoms with Crippen molar-refractivity contribution in [1.82, 2.24) is 0 Å². The van der Waals surface area contributed by atoms with Gasteiger partial charge in [-0.05, 0) is 37.5 Å². The Morgan fingerprint density at radius 1 is 1.35 bits per heavy atom. The second-order valence-electron chi connectivity index (χ2n) is 4.49. The van der Waals surface area contributed by atoms with Gasteiger partial charge in [-0.1, -0.05) is 18.2 Å². The average Bonchev–Trinajstić information content (AvgIpc) is 2.76. The highest BCUT2D eigenvalue weighted by atomic mass is 19.1. The molecule has 1 atom stereocenters. The molecule has 1 heterocycles. The molecule has 3 heteroatoms. The smallest absolute Gasteiger partial charge is 0.170 e. The predicted octanol–water partition coefficient (Wildman–Crippen LogP) is 3.50. The molecule has 17 heavy (non-hydrogen) atoms. The Bertz CT molecular complexity index is 585. The summed E-state index contributed by atoms with van der Waals surface area (Å²) in [6.45, 7) is 0. The first kappa shape index (κ1) is 10.5. The lowest BCUT2D eigenvalue weighted by Gasteiger charge is -2.24. The van der Waals surface area contributed by atoms with Gasteiger partial charge in [0.25, 0.3) is 0 Å². The van der Waals surface area contributed by atoms with E-state index in [1.54, 1.807) is 24.3 Å². The van der Waals surface area contributed by atoms with E-state index in [0.29, 0.717) is 17.6 Å². The molecule has 1 aromatic carbocycles. The largest absolute Gasteiger partial charge is 0.455 e. The minimum Gasteiger partial charge on any atom is -0.455 e. The summed E-state index contributed by atoms with van der Waals surface area (Å²) in [4.78, 5) is 0. The van der Waals surface area contributed by atoms with Crippen molar-refractivity contribution in [3.05, 3.63) is 48.0 Å². The molecule has 1 N–H and O–H groups in total. The molecule has 0 saturated carbocycles. The highest BCUT2D eigenvalue weighted by Gasteiger charge is 2.31. The molecule has 0 radical (unpaired) electrons. The fraction of sp³-hybridized carbons (Fsp3) is 0.286. The van der Waals surface area contributed by atoms with Crippen molar-refractivity contribution in [3.8, 4) is 0 Å². The van der Waals surface area contributed by atoms with E-state index in [9.17, 15) is 9.50 Å². The van der Waals surface area contributed by atoms with Gasteiger partial charge in [-0.15, -0.1) is 0 Å². The normalized spacial score (nSPS) is 24.4. The van der Waals surface area contributed by atoms with Crippen LogP contribution in [0.4, 0.5) is 4.39 Å². The first-order chi connectivity index (χ1) is 8.19. The van der Waals surface area contributed by atoms with Crippen molar-refractivity contribution in [2.24, 2.45) is 0 Å². The van der Waals surface area contributed by atoms with E-state index >= 15 is 0 Å². The van der Waals surface area contributed by atoms with Crippen LogP contribution in [0.15, 0.2) is 40.8 Å². The number of hydrogen-bond donors (Lipinski definition) is 1. The number of furan rings is 1. The number of halogens is 1. The van der Waals surface area contributed by atoms with Crippen LogP contribution in [0.2, 0.25) is 0 Å². The molecule has 1 aliphatic carbocycles. The molecule has 0 saturated heterocycles. The van der Waals surface area contributed by atoms with E-state index in [2.05, 4.69) is 0 Å². The van der Waals surface area contributed by atoms with E-state index in [1.165, 1.54) is 6.07 Å². The summed E-state index contributed by atoms with van der Waals surface area (Å²) in [7, 11) is 0. The van der Waals surface area contributed by atoms with Crippen LogP contribution in [0.5, 0.6) is 0 Å². The maximum atomic E-state index is 13.5. The molecular formula is C14H13FO2. The van der Waals surface area contributed by atoms with Gasteiger partial charge >= 0.3 is 0 Å². The maximum absolute atomic E-state index is 13.5. The minimum absolute atomic E-state index is 0.217. The molecule has 1 aliphatic rings. The van der Waals surface area contributed by atoms with Crippen molar-refractivity contribution >= 4 is 11.0 Å². The minimum atomic E-state index is -1.08. The van der Waals surface area contributed by atoms with E-state index in [1.807, 2.05) is 6.08 Å². The van der Waals surface area contributed by atoms with Crippen LogP contribution in [0.25, 0.3) is 11.0 Å². The average molecular weight is 232 g/mol. The quantitative estimate of drug-likeness (QED) is 0.763. The zero-order chi connectivity index (χ0) is 11.9. The van der Waals surface area contributed by atoms with Crippen molar-refractivity contribution < 1.29 is 13.9 Å². The molecule has 1 unspecified atom stereocenters.